The van der Waals surface area contributed by atoms with Gasteiger partial charge < -0.3 is 20.9 Å². The molecule has 3 aromatic rings. The Hall–Kier alpha value is -4.57. The topological polar surface area (TPSA) is 159 Å². The molecule has 0 unspecified atom stereocenters. The van der Waals surface area contributed by atoms with Crippen LogP contribution < -0.4 is 26.6 Å². The van der Waals surface area contributed by atoms with E-state index in [0.717, 1.165) is 28.8 Å². The zero-order chi connectivity index (χ0) is 30.7. The summed E-state index contributed by atoms with van der Waals surface area (Å²) in [6, 6.07) is 22.7. The normalized spacial score (nSPS) is 10.8. The fourth-order valence-corrected chi connectivity index (χ4v) is 3.93. The van der Waals surface area contributed by atoms with Crippen LogP contribution in [0.1, 0.15) is 43.9 Å². The molecule has 0 aliphatic heterocycles. The lowest BCUT2D eigenvalue weighted by Gasteiger charge is -2.29. The van der Waals surface area contributed by atoms with Gasteiger partial charge in [-0.15, -0.1) is 0 Å². The molecule has 9 N–H and O–H groups in total. The first-order chi connectivity index (χ1) is 19.9. The Morgan fingerprint density at radius 2 is 1.24 bits per heavy atom. The summed E-state index contributed by atoms with van der Waals surface area (Å²) in [7, 11) is 0. The van der Waals surface area contributed by atoms with E-state index in [2.05, 4.69) is 47.4 Å². The van der Waals surface area contributed by atoms with Crippen LogP contribution in [0.25, 0.3) is 0 Å². The highest BCUT2D eigenvalue weighted by atomic mass is 35.5. The van der Waals surface area contributed by atoms with Crippen LogP contribution >= 0.6 is 11.6 Å². The lowest BCUT2D eigenvalue weighted by molar-refractivity contribution is 0.297. The fourth-order valence-electron chi connectivity index (χ4n) is 3.80. The van der Waals surface area contributed by atoms with Crippen molar-refractivity contribution < 1.29 is 0 Å². The van der Waals surface area contributed by atoms with Crippen molar-refractivity contribution in [1.29, 1.82) is 21.6 Å². The minimum atomic E-state index is -0.0290. The van der Waals surface area contributed by atoms with Crippen molar-refractivity contribution >= 4 is 46.8 Å². The summed E-state index contributed by atoms with van der Waals surface area (Å²) in [5.41, 5.74) is 4.72. The van der Waals surface area contributed by atoms with Crippen molar-refractivity contribution in [2.45, 2.75) is 47.2 Å². The summed E-state index contributed by atoms with van der Waals surface area (Å²) in [6.45, 7) is 10.1. The van der Waals surface area contributed by atoms with Gasteiger partial charge in [0.2, 0.25) is 0 Å². The van der Waals surface area contributed by atoms with Gasteiger partial charge in [-0.05, 0) is 66.3 Å². The van der Waals surface area contributed by atoms with Gasteiger partial charge in [0.15, 0.2) is 23.8 Å². The second-order valence-electron chi connectivity index (χ2n) is 11.2. The molecule has 3 rings (SSSR count). The van der Waals surface area contributed by atoms with Gasteiger partial charge in [-0.2, -0.15) is 0 Å². The Morgan fingerprint density at radius 1 is 0.714 bits per heavy atom. The third kappa shape index (κ3) is 11.5. The minimum Gasteiger partial charge on any atom is -0.352 e. The quantitative estimate of drug-likeness (QED) is 0.114. The maximum absolute atomic E-state index is 8.69. The first-order valence-corrected chi connectivity index (χ1v) is 14.1. The summed E-state index contributed by atoms with van der Waals surface area (Å²) in [5.74, 6) is 0.168. The van der Waals surface area contributed by atoms with Crippen molar-refractivity contribution in [2.24, 2.45) is 5.41 Å². The molecule has 0 saturated heterocycles. The van der Waals surface area contributed by atoms with E-state index in [1.165, 1.54) is 0 Å². The van der Waals surface area contributed by atoms with Gasteiger partial charge in [-0.1, -0.05) is 74.3 Å². The number of benzene rings is 3. The smallest absolute Gasteiger partial charge is 0.199 e. The SMILES string of the molecule is Cc1ccc(NC(=N)NC(=N)N(CCC(C)(C)C)Cc2ccc(CNC(=N)NC(=N)Nc3ccc(Cl)cc3)cc2)cc1. The van der Waals surface area contributed by atoms with E-state index in [1.807, 2.05) is 60.4 Å². The molecule has 0 heterocycles. The number of nitrogens with one attached hydrogen (secondary N) is 9. The van der Waals surface area contributed by atoms with Crippen molar-refractivity contribution in [3.8, 4) is 0 Å². The van der Waals surface area contributed by atoms with E-state index in [-0.39, 0.29) is 29.3 Å². The number of halogens is 1. The number of hydrogen-bond acceptors (Lipinski definition) is 4. The lowest BCUT2D eigenvalue weighted by atomic mass is 9.92. The average molecular weight is 589 g/mol. The molecule has 11 heteroatoms. The molecule has 42 heavy (non-hydrogen) atoms. The molecule has 0 aromatic heterocycles. The molecule has 0 saturated carbocycles. The molecule has 0 fully saturated rings. The molecule has 10 nitrogen and oxygen atoms in total. The fraction of sp³-hybridized carbons (Fsp3) is 0.290. The van der Waals surface area contributed by atoms with Crippen LogP contribution in [0.5, 0.6) is 0 Å². The first kappa shape index (κ1) is 32.0. The van der Waals surface area contributed by atoms with Gasteiger partial charge in [0.05, 0.1) is 0 Å². The zero-order valence-electron chi connectivity index (χ0n) is 24.6. The van der Waals surface area contributed by atoms with Gasteiger partial charge in [0.1, 0.15) is 0 Å². The molecular formula is C31H41ClN10. The average Bonchev–Trinajstić information content (AvgIpc) is 2.92. The highest BCUT2D eigenvalue weighted by Crippen LogP contribution is 2.20. The van der Waals surface area contributed by atoms with E-state index < -0.39 is 0 Å². The van der Waals surface area contributed by atoms with Crippen LogP contribution in [-0.2, 0) is 13.1 Å². The van der Waals surface area contributed by atoms with Crippen LogP contribution in [0, 0.1) is 34.0 Å². The van der Waals surface area contributed by atoms with Crippen molar-refractivity contribution in [3.63, 3.8) is 0 Å². The Bertz CT molecular complexity index is 1360. The van der Waals surface area contributed by atoms with E-state index >= 15 is 0 Å². The molecule has 0 aliphatic rings. The van der Waals surface area contributed by atoms with Gasteiger partial charge in [0.25, 0.3) is 0 Å². The van der Waals surface area contributed by atoms with Gasteiger partial charge >= 0.3 is 0 Å². The summed E-state index contributed by atoms with van der Waals surface area (Å²) >= 11 is 5.89. The third-order valence-corrected chi connectivity index (χ3v) is 6.49. The first-order valence-electron chi connectivity index (χ1n) is 13.7. The third-order valence-electron chi connectivity index (χ3n) is 6.24. The van der Waals surface area contributed by atoms with Crippen molar-refractivity contribution in [3.05, 3.63) is 94.5 Å². The predicted octanol–water partition coefficient (Wildman–Crippen LogP) is 6.12. The second-order valence-corrected chi connectivity index (χ2v) is 11.7. The van der Waals surface area contributed by atoms with E-state index in [4.69, 9.17) is 33.2 Å². The number of aryl methyl sites for hydroxylation is 1. The van der Waals surface area contributed by atoms with Crippen molar-refractivity contribution in [1.82, 2.24) is 20.9 Å². The van der Waals surface area contributed by atoms with Crippen LogP contribution in [-0.4, -0.2) is 35.3 Å². The maximum atomic E-state index is 8.69. The zero-order valence-corrected chi connectivity index (χ0v) is 25.3. The Kier molecular flexibility index (Phi) is 11.3. The van der Waals surface area contributed by atoms with E-state index in [0.29, 0.717) is 30.3 Å². The molecule has 222 valence electrons. The lowest BCUT2D eigenvalue weighted by Crippen LogP contribution is -2.46. The summed E-state index contributed by atoms with van der Waals surface area (Å²) < 4.78 is 0. The highest BCUT2D eigenvalue weighted by Gasteiger charge is 2.17. The number of rotatable bonds is 8. The summed E-state index contributed by atoms with van der Waals surface area (Å²) in [6.07, 6.45) is 0.884. The summed E-state index contributed by atoms with van der Waals surface area (Å²) in [4.78, 5) is 1.93. The molecule has 0 radical (unpaired) electrons. The molecule has 0 bridgehead atoms. The Balaban J connectivity index is 1.52. The molecule has 0 aliphatic carbocycles. The molecule has 0 atom stereocenters. The number of nitrogens with zero attached hydrogens (tertiary/aromatic N) is 1. The monoisotopic (exact) mass is 588 g/mol. The molecular weight excluding hydrogens is 548 g/mol. The number of anilines is 2. The highest BCUT2D eigenvalue weighted by molar-refractivity contribution is 6.30. The Labute approximate surface area is 253 Å². The molecule has 0 amide bonds. The van der Waals surface area contributed by atoms with Gasteiger partial charge in [0, 0.05) is 36.0 Å². The maximum Gasteiger partial charge on any atom is 0.199 e. The number of hydrogen-bond donors (Lipinski definition) is 9. The van der Waals surface area contributed by atoms with Crippen LogP contribution in [0.15, 0.2) is 72.8 Å². The largest absolute Gasteiger partial charge is 0.352 e. The van der Waals surface area contributed by atoms with Crippen molar-refractivity contribution in [2.75, 3.05) is 17.2 Å². The standard InChI is InChI=1S/C31H41ClN10/c1-21-5-13-25(14-6-21)39-29(35)41-30(36)42(18-17-31(2,3)4)20-23-9-7-22(8-10-23)19-37-27(33)40-28(34)38-26-15-11-24(32)12-16-26/h5-16H,17-20H2,1-4H3,(H4,35,36,39,41)(H5,33,34,37,38,40). The second kappa shape index (κ2) is 14.9. The summed E-state index contributed by atoms with van der Waals surface area (Å²) in [5, 5.41) is 48.1. The molecule has 0 spiro atoms. The number of guanidine groups is 4. The molecule has 3 aromatic carbocycles. The predicted molar refractivity (Wildman–Crippen MR) is 175 cm³/mol. The van der Waals surface area contributed by atoms with Crippen LogP contribution in [0.3, 0.4) is 0 Å². The van der Waals surface area contributed by atoms with E-state index in [9.17, 15) is 0 Å². The van der Waals surface area contributed by atoms with Gasteiger partial charge in [-0.3, -0.25) is 32.3 Å². The van der Waals surface area contributed by atoms with E-state index in [1.54, 1.807) is 24.3 Å². The minimum absolute atomic E-state index is 0.000104. The Morgan fingerprint density at radius 3 is 1.81 bits per heavy atom. The van der Waals surface area contributed by atoms with Crippen LogP contribution in [0.4, 0.5) is 11.4 Å². The van der Waals surface area contributed by atoms with Crippen LogP contribution in [0.2, 0.25) is 5.02 Å². The van der Waals surface area contributed by atoms with Gasteiger partial charge in [-0.25, -0.2) is 0 Å².